The number of carbonyl (C=O) groups is 2. The second-order valence-electron chi connectivity index (χ2n) is 10.2. The molecule has 0 saturated carbocycles. The van der Waals surface area contributed by atoms with Gasteiger partial charge in [0.2, 0.25) is 5.91 Å². The molecule has 2 atom stereocenters. The molecule has 0 fully saturated rings. The van der Waals surface area contributed by atoms with Gasteiger partial charge in [-0.3, -0.25) is 19.6 Å². The molecule has 0 aromatic carbocycles. The standard InChI is InChI=1S/C27H34ClN5O2S/c1-16-13-20(10-12-29-16)32-25(34)21(9-11-27(4,5)6)33-26(35)24-8-7-23(36-24)18(3)31-22-14-19(28)15-30-17(22)2/h7-8,10,12-15,18,21,31H,9,11H2,1-6H3,(H,33,35)(H,29,32,34)/t18-,21-/m0/s1. The summed E-state index contributed by atoms with van der Waals surface area (Å²) in [5, 5.41) is 9.84. The summed E-state index contributed by atoms with van der Waals surface area (Å²) in [6.45, 7) is 12.1. The van der Waals surface area contributed by atoms with E-state index >= 15 is 0 Å². The first-order valence-corrected chi connectivity index (χ1v) is 13.1. The summed E-state index contributed by atoms with van der Waals surface area (Å²) in [4.78, 5) is 36.2. The van der Waals surface area contributed by atoms with Crippen molar-refractivity contribution >= 4 is 46.1 Å². The van der Waals surface area contributed by atoms with E-state index in [1.54, 1.807) is 30.6 Å². The first-order valence-electron chi connectivity index (χ1n) is 11.9. The molecule has 3 aromatic heterocycles. The number of rotatable bonds is 9. The van der Waals surface area contributed by atoms with E-state index in [1.807, 2.05) is 32.9 Å². The van der Waals surface area contributed by atoms with Gasteiger partial charge in [-0.25, -0.2) is 0 Å². The van der Waals surface area contributed by atoms with Crippen LogP contribution in [0.15, 0.2) is 42.7 Å². The first-order chi connectivity index (χ1) is 16.9. The molecule has 0 saturated heterocycles. The van der Waals surface area contributed by atoms with Crippen molar-refractivity contribution in [1.82, 2.24) is 15.3 Å². The number of anilines is 2. The third-order valence-electron chi connectivity index (χ3n) is 5.67. The van der Waals surface area contributed by atoms with E-state index < -0.39 is 6.04 Å². The molecule has 0 aliphatic carbocycles. The molecule has 3 N–H and O–H groups in total. The number of halogens is 1. The van der Waals surface area contributed by atoms with Gasteiger partial charge in [0.25, 0.3) is 5.91 Å². The third kappa shape index (κ3) is 8.03. The molecule has 0 bridgehead atoms. The predicted molar refractivity (Wildman–Crippen MR) is 148 cm³/mol. The monoisotopic (exact) mass is 527 g/mol. The summed E-state index contributed by atoms with van der Waals surface area (Å²) < 4.78 is 0. The van der Waals surface area contributed by atoms with Crippen molar-refractivity contribution in [2.75, 3.05) is 10.6 Å². The topological polar surface area (TPSA) is 96.0 Å². The van der Waals surface area contributed by atoms with Gasteiger partial charge in [-0.2, -0.15) is 0 Å². The van der Waals surface area contributed by atoms with Crippen molar-refractivity contribution in [3.63, 3.8) is 0 Å². The van der Waals surface area contributed by atoms with Crippen LogP contribution >= 0.6 is 22.9 Å². The van der Waals surface area contributed by atoms with Crippen LogP contribution in [0.4, 0.5) is 11.4 Å². The maximum atomic E-state index is 13.1. The van der Waals surface area contributed by atoms with E-state index in [9.17, 15) is 9.59 Å². The maximum absolute atomic E-state index is 13.1. The number of thiophene rings is 1. The SMILES string of the molecule is Cc1cc(NC(=O)[C@H](CCC(C)(C)C)NC(=O)c2ccc([C@H](C)Nc3cc(Cl)cnc3C)s2)ccn1. The number of aryl methyl sites for hydroxylation is 2. The Morgan fingerprint density at radius 2 is 1.86 bits per heavy atom. The van der Waals surface area contributed by atoms with Gasteiger partial charge in [-0.05, 0) is 69.4 Å². The van der Waals surface area contributed by atoms with Gasteiger partial charge < -0.3 is 16.0 Å². The number of aromatic nitrogens is 2. The van der Waals surface area contributed by atoms with Crippen molar-refractivity contribution in [2.24, 2.45) is 5.41 Å². The summed E-state index contributed by atoms with van der Waals surface area (Å²) in [5.41, 5.74) is 3.19. The van der Waals surface area contributed by atoms with Crippen molar-refractivity contribution < 1.29 is 9.59 Å². The lowest BCUT2D eigenvalue weighted by Gasteiger charge is -2.23. The summed E-state index contributed by atoms with van der Waals surface area (Å²) >= 11 is 7.48. The second kappa shape index (κ2) is 11.8. The largest absolute Gasteiger partial charge is 0.376 e. The quantitative estimate of drug-likeness (QED) is 0.293. The molecule has 9 heteroatoms. The molecule has 3 aromatic rings. The molecule has 7 nitrogen and oxygen atoms in total. The smallest absolute Gasteiger partial charge is 0.262 e. The van der Waals surface area contributed by atoms with Crippen LogP contribution in [-0.2, 0) is 4.79 Å². The molecule has 0 aliphatic rings. The number of hydrogen-bond acceptors (Lipinski definition) is 6. The van der Waals surface area contributed by atoms with Gasteiger partial charge in [0.15, 0.2) is 0 Å². The average molecular weight is 528 g/mol. The Morgan fingerprint density at radius 3 is 2.56 bits per heavy atom. The summed E-state index contributed by atoms with van der Waals surface area (Å²) in [7, 11) is 0. The Kier molecular flexibility index (Phi) is 9.08. The van der Waals surface area contributed by atoms with E-state index in [1.165, 1.54) is 11.3 Å². The Balaban J connectivity index is 1.70. The van der Waals surface area contributed by atoms with Gasteiger partial charge in [-0.15, -0.1) is 11.3 Å². The zero-order valence-corrected chi connectivity index (χ0v) is 23.2. The fourth-order valence-electron chi connectivity index (χ4n) is 3.59. The number of nitrogens with zero attached hydrogens (tertiary/aromatic N) is 2. The number of pyridine rings is 2. The minimum absolute atomic E-state index is 0.0288. The molecular weight excluding hydrogens is 494 g/mol. The predicted octanol–water partition coefficient (Wildman–Crippen LogP) is 6.54. The molecule has 2 amide bonds. The Bertz CT molecular complexity index is 1220. The fourth-order valence-corrected chi connectivity index (χ4v) is 4.67. The lowest BCUT2D eigenvalue weighted by atomic mass is 9.88. The van der Waals surface area contributed by atoms with Crippen LogP contribution in [0.5, 0.6) is 0 Å². The molecule has 192 valence electrons. The first kappa shape index (κ1) is 27.6. The Labute approximate surface area is 222 Å². The highest BCUT2D eigenvalue weighted by molar-refractivity contribution is 7.14. The van der Waals surface area contributed by atoms with Crippen LogP contribution in [0, 0.1) is 19.3 Å². The van der Waals surface area contributed by atoms with E-state index in [-0.39, 0.29) is 23.3 Å². The van der Waals surface area contributed by atoms with Crippen LogP contribution in [0.3, 0.4) is 0 Å². The Morgan fingerprint density at radius 1 is 1.11 bits per heavy atom. The molecule has 3 rings (SSSR count). The molecule has 3 heterocycles. The zero-order chi connectivity index (χ0) is 26.5. The van der Waals surface area contributed by atoms with Gasteiger partial charge in [0, 0.05) is 28.7 Å². The number of carbonyl (C=O) groups excluding carboxylic acids is 2. The van der Waals surface area contributed by atoms with Gasteiger partial charge >= 0.3 is 0 Å². The molecule has 36 heavy (non-hydrogen) atoms. The van der Waals surface area contributed by atoms with Crippen molar-refractivity contribution in [2.45, 2.75) is 66.5 Å². The second-order valence-corrected chi connectivity index (χ2v) is 11.7. The lowest BCUT2D eigenvalue weighted by molar-refractivity contribution is -0.118. The van der Waals surface area contributed by atoms with E-state index in [2.05, 4.69) is 46.7 Å². The summed E-state index contributed by atoms with van der Waals surface area (Å²) in [5.74, 6) is -0.507. The van der Waals surface area contributed by atoms with E-state index in [4.69, 9.17) is 11.6 Å². The average Bonchev–Trinajstić information content (AvgIpc) is 3.29. The van der Waals surface area contributed by atoms with Gasteiger partial charge in [0.05, 0.1) is 27.3 Å². The fraction of sp³-hybridized carbons (Fsp3) is 0.407. The number of nitrogens with one attached hydrogen (secondary N) is 3. The highest BCUT2D eigenvalue weighted by atomic mass is 35.5. The highest BCUT2D eigenvalue weighted by Gasteiger charge is 2.25. The van der Waals surface area contributed by atoms with Crippen LogP contribution in [0.1, 0.15) is 72.5 Å². The van der Waals surface area contributed by atoms with Gasteiger partial charge in [-0.1, -0.05) is 32.4 Å². The van der Waals surface area contributed by atoms with Crippen molar-refractivity contribution in [3.8, 4) is 0 Å². The minimum Gasteiger partial charge on any atom is -0.376 e. The van der Waals surface area contributed by atoms with Crippen LogP contribution < -0.4 is 16.0 Å². The molecule has 0 aliphatic heterocycles. The molecule has 0 radical (unpaired) electrons. The third-order valence-corrected chi connectivity index (χ3v) is 7.15. The molecule has 0 unspecified atom stereocenters. The minimum atomic E-state index is -0.661. The highest BCUT2D eigenvalue weighted by Crippen LogP contribution is 2.29. The number of amides is 2. The van der Waals surface area contributed by atoms with E-state index in [0.29, 0.717) is 22.0 Å². The summed E-state index contributed by atoms with van der Waals surface area (Å²) in [6, 6.07) is 8.39. The van der Waals surface area contributed by atoms with Crippen LogP contribution in [0.25, 0.3) is 0 Å². The molecular formula is C27H34ClN5O2S. The summed E-state index contributed by atoms with van der Waals surface area (Å²) in [6.07, 6.45) is 4.58. The van der Waals surface area contributed by atoms with Crippen LogP contribution in [0.2, 0.25) is 5.02 Å². The van der Waals surface area contributed by atoms with E-state index in [0.717, 1.165) is 28.4 Å². The van der Waals surface area contributed by atoms with Crippen molar-refractivity contribution in [1.29, 1.82) is 0 Å². The normalized spacial score (nSPS) is 13.1. The molecule has 0 spiro atoms. The lowest BCUT2D eigenvalue weighted by Crippen LogP contribution is -2.44. The van der Waals surface area contributed by atoms with Crippen molar-refractivity contribution in [3.05, 3.63) is 68.9 Å². The Hall–Kier alpha value is -2.97. The van der Waals surface area contributed by atoms with Gasteiger partial charge in [0.1, 0.15) is 6.04 Å². The van der Waals surface area contributed by atoms with Crippen LogP contribution in [-0.4, -0.2) is 27.8 Å². The number of hydrogen-bond donors (Lipinski definition) is 3. The zero-order valence-electron chi connectivity index (χ0n) is 21.6. The maximum Gasteiger partial charge on any atom is 0.262 e.